The number of aromatic nitrogens is 2. The Morgan fingerprint density at radius 1 is 1.23 bits per heavy atom. The minimum atomic E-state index is -0.445. The van der Waals surface area contributed by atoms with Crippen molar-refractivity contribution in [1.29, 1.82) is 0 Å². The number of fused-ring (bicyclic) bond motifs is 1. The van der Waals surface area contributed by atoms with Crippen molar-refractivity contribution in [3.8, 4) is 17.1 Å². The van der Waals surface area contributed by atoms with Gasteiger partial charge in [0.1, 0.15) is 5.75 Å². The molecule has 9 heteroatoms. The van der Waals surface area contributed by atoms with E-state index in [-0.39, 0.29) is 24.2 Å². The average Bonchev–Trinajstić information content (AvgIpc) is 3.25. The van der Waals surface area contributed by atoms with Gasteiger partial charge in [-0.05, 0) is 49.2 Å². The van der Waals surface area contributed by atoms with Gasteiger partial charge in [0.2, 0.25) is 5.82 Å². The van der Waals surface area contributed by atoms with Gasteiger partial charge >= 0.3 is 11.8 Å². The molecule has 0 bridgehead atoms. The van der Waals surface area contributed by atoms with E-state index in [1.165, 1.54) is 0 Å². The Morgan fingerprint density at radius 3 is 2.80 bits per heavy atom. The molecule has 2 aromatic carbocycles. The third kappa shape index (κ3) is 4.13. The zero-order chi connectivity index (χ0) is 21.1. The second-order valence-electron chi connectivity index (χ2n) is 6.66. The number of benzene rings is 2. The van der Waals surface area contributed by atoms with Gasteiger partial charge in [-0.2, -0.15) is 4.98 Å². The number of hydrogen-bond donors (Lipinski definition) is 1. The van der Waals surface area contributed by atoms with Crippen LogP contribution in [0, 0.1) is 0 Å². The van der Waals surface area contributed by atoms with E-state index in [4.69, 9.17) is 20.9 Å². The van der Waals surface area contributed by atoms with E-state index in [0.717, 1.165) is 5.56 Å². The van der Waals surface area contributed by atoms with Crippen LogP contribution in [0.25, 0.3) is 11.4 Å². The van der Waals surface area contributed by atoms with Gasteiger partial charge in [0.05, 0.1) is 5.69 Å². The lowest BCUT2D eigenvalue weighted by Gasteiger charge is -2.28. The summed E-state index contributed by atoms with van der Waals surface area (Å²) in [7, 11) is 0. The molecule has 0 saturated carbocycles. The highest BCUT2D eigenvalue weighted by molar-refractivity contribution is 6.30. The van der Waals surface area contributed by atoms with Crippen LogP contribution in [0.2, 0.25) is 5.02 Å². The Balaban J connectivity index is 1.41. The number of hydrogen-bond acceptors (Lipinski definition) is 6. The highest BCUT2D eigenvalue weighted by atomic mass is 35.5. The molecular weight excluding hydrogens is 408 g/mol. The summed E-state index contributed by atoms with van der Waals surface area (Å²) in [5.74, 6) is 0.177. The van der Waals surface area contributed by atoms with E-state index in [1.807, 2.05) is 19.1 Å². The van der Waals surface area contributed by atoms with Gasteiger partial charge in [0, 0.05) is 23.7 Å². The Morgan fingerprint density at radius 2 is 2.03 bits per heavy atom. The van der Waals surface area contributed by atoms with Gasteiger partial charge < -0.3 is 19.5 Å². The van der Waals surface area contributed by atoms with Crippen LogP contribution >= 0.6 is 11.6 Å². The predicted octanol–water partition coefficient (Wildman–Crippen LogP) is 3.11. The monoisotopic (exact) mass is 426 g/mol. The van der Waals surface area contributed by atoms with Crippen molar-refractivity contribution < 1.29 is 18.8 Å². The van der Waals surface area contributed by atoms with Crippen molar-refractivity contribution in [3.63, 3.8) is 0 Å². The van der Waals surface area contributed by atoms with Crippen LogP contribution in [0.1, 0.15) is 23.2 Å². The summed E-state index contributed by atoms with van der Waals surface area (Å²) in [6.07, 6.45) is 0.652. The van der Waals surface area contributed by atoms with E-state index in [1.54, 1.807) is 35.2 Å². The molecular formula is C21H19ClN4O4. The fourth-order valence-corrected chi connectivity index (χ4v) is 3.30. The fourth-order valence-electron chi connectivity index (χ4n) is 3.17. The molecule has 1 aromatic heterocycles. The Hall–Kier alpha value is -3.39. The van der Waals surface area contributed by atoms with Crippen molar-refractivity contribution in [3.05, 3.63) is 58.9 Å². The lowest BCUT2D eigenvalue weighted by molar-refractivity contribution is -0.121. The van der Waals surface area contributed by atoms with Crippen molar-refractivity contribution in [1.82, 2.24) is 15.5 Å². The number of nitrogens with one attached hydrogen (secondary N) is 1. The van der Waals surface area contributed by atoms with Crippen molar-refractivity contribution in [2.45, 2.75) is 13.3 Å². The summed E-state index contributed by atoms with van der Waals surface area (Å²) in [4.78, 5) is 30.0. The quantitative estimate of drug-likeness (QED) is 0.650. The first-order chi connectivity index (χ1) is 14.5. The standard InChI is InChI=1S/C21H19ClN4O4/c1-2-26-16-8-5-14(11-17(16)29-12-18(26)27)19-24-21(30-25-19)20(28)23-10-9-13-3-6-15(22)7-4-13/h3-8,11H,2,9-10,12H2,1H3,(H,23,28). The Labute approximate surface area is 177 Å². The van der Waals surface area contributed by atoms with Gasteiger partial charge in [-0.15, -0.1) is 0 Å². The molecule has 1 N–H and O–H groups in total. The molecule has 0 spiro atoms. The number of rotatable bonds is 6. The number of nitrogens with zero attached hydrogens (tertiary/aromatic N) is 3. The topological polar surface area (TPSA) is 97.6 Å². The van der Waals surface area contributed by atoms with E-state index < -0.39 is 5.91 Å². The molecule has 0 aliphatic carbocycles. The molecule has 0 saturated heterocycles. The van der Waals surface area contributed by atoms with Crippen molar-refractivity contribution in [2.75, 3.05) is 24.6 Å². The normalized spacial score (nSPS) is 13.0. The van der Waals surface area contributed by atoms with E-state index in [2.05, 4.69) is 15.5 Å². The third-order valence-corrected chi connectivity index (χ3v) is 4.96. The van der Waals surface area contributed by atoms with Crippen molar-refractivity contribution >= 4 is 29.1 Å². The molecule has 3 aromatic rings. The zero-order valence-electron chi connectivity index (χ0n) is 16.2. The predicted molar refractivity (Wildman–Crippen MR) is 111 cm³/mol. The Kier molecular flexibility index (Phi) is 5.67. The molecule has 0 radical (unpaired) electrons. The van der Waals surface area contributed by atoms with Crippen LogP contribution in [-0.4, -0.2) is 41.7 Å². The number of halogens is 1. The molecule has 1 aliphatic rings. The molecule has 2 amide bonds. The van der Waals surface area contributed by atoms with Gasteiger partial charge in [-0.25, -0.2) is 0 Å². The summed E-state index contributed by atoms with van der Waals surface area (Å²) in [6, 6.07) is 12.7. The van der Waals surface area contributed by atoms with Crippen LogP contribution in [0.15, 0.2) is 47.0 Å². The highest BCUT2D eigenvalue weighted by Crippen LogP contribution is 2.35. The van der Waals surface area contributed by atoms with E-state index in [0.29, 0.717) is 41.5 Å². The molecule has 4 rings (SSSR count). The second-order valence-corrected chi connectivity index (χ2v) is 7.10. The van der Waals surface area contributed by atoms with Crippen LogP contribution in [0.4, 0.5) is 5.69 Å². The molecule has 30 heavy (non-hydrogen) atoms. The van der Waals surface area contributed by atoms with Crippen molar-refractivity contribution in [2.24, 2.45) is 0 Å². The first kappa shape index (κ1) is 19.9. The first-order valence-corrected chi connectivity index (χ1v) is 9.87. The highest BCUT2D eigenvalue weighted by Gasteiger charge is 2.25. The minimum Gasteiger partial charge on any atom is -0.482 e. The maximum absolute atomic E-state index is 12.3. The number of ether oxygens (including phenoxy) is 1. The van der Waals surface area contributed by atoms with Crippen LogP contribution < -0.4 is 15.0 Å². The van der Waals surface area contributed by atoms with Crippen LogP contribution in [0.3, 0.4) is 0 Å². The third-order valence-electron chi connectivity index (χ3n) is 4.71. The number of likely N-dealkylation sites (N-methyl/N-ethyl adjacent to an activating group) is 1. The van der Waals surface area contributed by atoms with Gasteiger partial charge in [0.15, 0.2) is 6.61 Å². The maximum atomic E-state index is 12.3. The fraction of sp³-hybridized carbons (Fsp3) is 0.238. The Bertz CT molecular complexity index is 1080. The van der Waals surface area contributed by atoms with Gasteiger partial charge in [-0.3, -0.25) is 9.59 Å². The van der Waals surface area contributed by atoms with Gasteiger partial charge in [0.25, 0.3) is 5.91 Å². The van der Waals surface area contributed by atoms with Gasteiger partial charge in [-0.1, -0.05) is 28.9 Å². The zero-order valence-corrected chi connectivity index (χ0v) is 17.0. The molecule has 0 atom stereocenters. The summed E-state index contributed by atoms with van der Waals surface area (Å²) < 4.78 is 10.6. The molecule has 0 unspecified atom stereocenters. The average molecular weight is 427 g/mol. The molecule has 0 fully saturated rings. The lowest BCUT2D eigenvalue weighted by atomic mass is 10.1. The number of anilines is 1. The first-order valence-electron chi connectivity index (χ1n) is 9.49. The SMILES string of the molecule is CCN1C(=O)COc2cc(-c3noc(C(=O)NCCc4ccc(Cl)cc4)n3)ccc21. The molecule has 1 aliphatic heterocycles. The van der Waals surface area contributed by atoms with Crippen LogP contribution in [-0.2, 0) is 11.2 Å². The molecule has 8 nitrogen and oxygen atoms in total. The van der Waals surface area contributed by atoms with Crippen LogP contribution in [0.5, 0.6) is 5.75 Å². The lowest BCUT2D eigenvalue weighted by Crippen LogP contribution is -2.38. The summed E-state index contributed by atoms with van der Waals surface area (Å²) in [6.45, 7) is 2.86. The maximum Gasteiger partial charge on any atom is 0.316 e. The summed E-state index contributed by atoms with van der Waals surface area (Å²) >= 11 is 5.87. The summed E-state index contributed by atoms with van der Waals surface area (Å²) in [5, 5.41) is 7.32. The van der Waals surface area contributed by atoms with E-state index >= 15 is 0 Å². The summed E-state index contributed by atoms with van der Waals surface area (Å²) in [5.41, 5.74) is 2.38. The number of carbonyl (C=O) groups excluding carboxylic acids is 2. The smallest absolute Gasteiger partial charge is 0.316 e. The number of carbonyl (C=O) groups is 2. The van der Waals surface area contributed by atoms with E-state index in [9.17, 15) is 9.59 Å². The molecule has 2 heterocycles. The minimum absolute atomic E-state index is 0.0161. The molecule has 154 valence electrons. The second kappa shape index (κ2) is 8.54. The number of amides is 2. The largest absolute Gasteiger partial charge is 0.482 e.